The largest absolute Gasteiger partial charge is 0.247 e. The first kappa shape index (κ1) is 7.38. The fourth-order valence-electron chi connectivity index (χ4n) is 0.768. The van der Waals surface area contributed by atoms with Gasteiger partial charge in [0, 0.05) is 0 Å². The zero-order chi connectivity index (χ0) is 6.91. The second-order valence-corrected chi connectivity index (χ2v) is 4.47. The zero-order valence-corrected chi connectivity index (χ0v) is 7.01. The standard InChI is InChI=1S/C6H14N2S/c1-6(2,3)5-8-7-4-9-5/h5,7-8H,4H2,1-3H3. The van der Waals surface area contributed by atoms with Crippen molar-refractivity contribution in [3.05, 3.63) is 0 Å². The summed E-state index contributed by atoms with van der Waals surface area (Å²) >= 11 is 1.93. The van der Waals surface area contributed by atoms with Crippen molar-refractivity contribution in [2.24, 2.45) is 5.41 Å². The Morgan fingerprint density at radius 1 is 1.44 bits per heavy atom. The van der Waals surface area contributed by atoms with E-state index in [1.165, 1.54) is 0 Å². The molecule has 1 aliphatic heterocycles. The molecule has 2 N–H and O–H groups in total. The van der Waals surface area contributed by atoms with Crippen molar-refractivity contribution in [1.82, 2.24) is 10.9 Å². The van der Waals surface area contributed by atoms with Gasteiger partial charge < -0.3 is 0 Å². The summed E-state index contributed by atoms with van der Waals surface area (Å²) in [5.41, 5.74) is 6.67. The molecule has 1 fully saturated rings. The first-order chi connectivity index (χ1) is 4.11. The number of rotatable bonds is 0. The molecular formula is C6H14N2S. The lowest BCUT2D eigenvalue weighted by molar-refractivity contribution is 0.342. The highest BCUT2D eigenvalue weighted by Crippen LogP contribution is 2.29. The Hall–Kier alpha value is 0.270. The molecule has 1 saturated heterocycles. The minimum atomic E-state index is 0.369. The van der Waals surface area contributed by atoms with Gasteiger partial charge in [-0.3, -0.25) is 0 Å². The zero-order valence-electron chi connectivity index (χ0n) is 6.19. The smallest absolute Gasteiger partial charge is 0.0727 e. The van der Waals surface area contributed by atoms with Crippen LogP contribution in [0, 0.1) is 5.41 Å². The van der Waals surface area contributed by atoms with E-state index < -0.39 is 0 Å². The summed E-state index contributed by atoms with van der Waals surface area (Å²) in [5, 5.41) is 0.567. The lowest BCUT2D eigenvalue weighted by Crippen LogP contribution is -2.38. The number of hydrogen-bond donors (Lipinski definition) is 2. The molecule has 0 aromatic heterocycles. The van der Waals surface area contributed by atoms with Crippen LogP contribution in [0.1, 0.15) is 20.8 Å². The predicted octanol–water partition coefficient (Wildman–Crippen LogP) is 1.16. The van der Waals surface area contributed by atoms with E-state index in [-0.39, 0.29) is 0 Å². The minimum absolute atomic E-state index is 0.369. The molecule has 1 rings (SSSR count). The van der Waals surface area contributed by atoms with Crippen molar-refractivity contribution in [3.63, 3.8) is 0 Å². The van der Waals surface area contributed by atoms with E-state index in [9.17, 15) is 0 Å². The normalized spacial score (nSPS) is 29.0. The summed E-state index contributed by atoms with van der Waals surface area (Å²) in [6.07, 6.45) is 0. The quantitative estimate of drug-likeness (QED) is 0.536. The first-order valence-corrected chi connectivity index (χ1v) is 4.25. The highest BCUT2D eigenvalue weighted by Gasteiger charge is 2.27. The highest BCUT2D eigenvalue weighted by atomic mass is 32.2. The SMILES string of the molecule is CC(C)(C)C1NNCS1. The van der Waals surface area contributed by atoms with Crippen LogP contribution in [0.25, 0.3) is 0 Å². The van der Waals surface area contributed by atoms with Crippen LogP contribution in [0.3, 0.4) is 0 Å². The molecule has 1 aliphatic rings. The van der Waals surface area contributed by atoms with E-state index in [4.69, 9.17) is 0 Å². The molecule has 9 heavy (non-hydrogen) atoms. The Morgan fingerprint density at radius 2 is 2.11 bits per heavy atom. The van der Waals surface area contributed by atoms with Gasteiger partial charge in [-0.05, 0) is 5.41 Å². The number of hydrazine groups is 1. The molecule has 0 bridgehead atoms. The molecule has 54 valence electrons. The average molecular weight is 146 g/mol. The molecular weight excluding hydrogens is 132 g/mol. The van der Waals surface area contributed by atoms with Gasteiger partial charge in [-0.2, -0.15) is 0 Å². The van der Waals surface area contributed by atoms with Crippen molar-refractivity contribution in [3.8, 4) is 0 Å². The molecule has 1 atom stereocenters. The van der Waals surface area contributed by atoms with Gasteiger partial charge in [0.15, 0.2) is 0 Å². The van der Waals surface area contributed by atoms with Crippen LogP contribution in [0.15, 0.2) is 0 Å². The molecule has 0 aromatic carbocycles. The van der Waals surface area contributed by atoms with Gasteiger partial charge in [0.2, 0.25) is 0 Å². The maximum absolute atomic E-state index is 3.21. The summed E-state index contributed by atoms with van der Waals surface area (Å²) in [6, 6.07) is 0. The molecule has 3 heteroatoms. The molecule has 0 spiro atoms. The summed E-state index contributed by atoms with van der Waals surface area (Å²) in [7, 11) is 0. The average Bonchev–Trinajstić information content (AvgIpc) is 2.08. The molecule has 1 heterocycles. The van der Waals surface area contributed by atoms with Gasteiger partial charge in [0.05, 0.1) is 11.3 Å². The Bertz CT molecular complexity index is 91.7. The van der Waals surface area contributed by atoms with E-state index in [1.54, 1.807) is 0 Å². The Balaban J connectivity index is 2.42. The van der Waals surface area contributed by atoms with Crippen LogP contribution >= 0.6 is 11.8 Å². The lowest BCUT2D eigenvalue weighted by Gasteiger charge is -2.24. The second kappa shape index (κ2) is 2.48. The molecule has 0 radical (unpaired) electrons. The first-order valence-electron chi connectivity index (χ1n) is 3.21. The van der Waals surface area contributed by atoms with Crippen molar-refractivity contribution in [2.45, 2.75) is 26.1 Å². The third kappa shape index (κ3) is 1.85. The summed E-state index contributed by atoms with van der Waals surface area (Å²) in [5.74, 6) is 1.03. The molecule has 0 saturated carbocycles. The van der Waals surface area contributed by atoms with Gasteiger partial charge in [0.1, 0.15) is 0 Å². The summed E-state index contributed by atoms with van der Waals surface area (Å²) in [4.78, 5) is 0. The third-order valence-corrected chi connectivity index (χ3v) is 2.81. The lowest BCUT2D eigenvalue weighted by atomic mass is 9.97. The van der Waals surface area contributed by atoms with Gasteiger partial charge in [0.25, 0.3) is 0 Å². The van der Waals surface area contributed by atoms with E-state index in [1.807, 2.05) is 11.8 Å². The number of thioether (sulfide) groups is 1. The van der Waals surface area contributed by atoms with Gasteiger partial charge >= 0.3 is 0 Å². The van der Waals surface area contributed by atoms with Gasteiger partial charge in [-0.25, -0.2) is 10.9 Å². The van der Waals surface area contributed by atoms with Crippen molar-refractivity contribution in [1.29, 1.82) is 0 Å². The number of hydrogen-bond acceptors (Lipinski definition) is 3. The molecule has 0 amide bonds. The fraction of sp³-hybridized carbons (Fsp3) is 1.00. The van der Waals surface area contributed by atoms with Crippen molar-refractivity contribution in [2.75, 3.05) is 5.88 Å². The van der Waals surface area contributed by atoms with E-state index in [0.29, 0.717) is 10.8 Å². The van der Waals surface area contributed by atoms with E-state index >= 15 is 0 Å². The molecule has 2 nitrogen and oxygen atoms in total. The Labute approximate surface area is 60.8 Å². The van der Waals surface area contributed by atoms with Crippen LogP contribution in [0.4, 0.5) is 0 Å². The van der Waals surface area contributed by atoms with Crippen LogP contribution in [-0.2, 0) is 0 Å². The highest BCUT2D eigenvalue weighted by molar-refractivity contribution is 8.00. The van der Waals surface area contributed by atoms with Crippen molar-refractivity contribution < 1.29 is 0 Å². The Morgan fingerprint density at radius 3 is 2.33 bits per heavy atom. The second-order valence-electron chi connectivity index (χ2n) is 3.38. The topological polar surface area (TPSA) is 24.1 Å². The predicted molar refractivity (Wildman–Crippen MR) is 42.0 cm³/mol. The molecule has 0 aliphatic carbocycles. The van der Waals surface area contributed by atoms with Crippen LogP contribution in [0.5, 0.6) is 0 Å². The maximum atomic E-state index is 3.21. The molecule has 1 unspecified atom stereocenters. The third-order valence-electron chi connectivity index (χ3n) is 1.34. The van der Waals surface area contributed by atoms with E-state index in [2.05, 4.69) is 31.6 Å². The monoisotopic (exact) mass is 146 g/mol. The van der Waals surface area contributed by atoms with E-state index in [0.717, 1.165) is 5.88 Å². The van der Waals surface area contributed by atoms with Crippen LogP contribution in [0.2, 0.25) is 0 Å². The van der Waals surface area contributed by atoms with Gasteiger partial charge in [-0.1, -0.05) is 20.8 Å². The minimum Gasteiger partial charge on any atom is -0.247 e. The molecule has 0 aromatic rings. The summed E-state index contributed by atoms with van der Waals surface area (Å²) < 4.78 is 0. The van der Waals surface area contributed by atoms with Crippen LogP contribution < -0.4 is 10.9 Å². The Kier molecular flexibility index (Phi) is 2.03. The summed E-state index contributed by atoms with van der Waals surface area (Å²) in [6.45, 7) is 6.72. The maximum Gasteiger partial charge on any atom is 0.0727 e. The van der Waals surface area contributed by atoms with Gasteiger partial charge in [-0.15, -0.1) is 11.8 Å². The fourth-order valence-corrected chi connectivity index (χ4v) is 1.77. The van der Waals surface area contributed by atoms with Crippen molar-refractivity contribution >= 4 is 11.8 Å². The van der Waals surface area contributed by atoms with Crippen LogP contribution in [-0.4, -0.2) is 11.3 Å². The number of nitrogens with one attached hydrogen (secondary N) is 2.